The zero-order chi connectivity index (χ0) is 9.80. The summed E-state index contributed by atoms with van der Waals surface area (Å²) in [6.45, 7) is 3.95. The fraction of sp³-hybridized carbons (Fsp3) is 0.900. The predicted molar refractivity (Wildman–Crippen MR) is 62.5 cm³/mol. The minimum absolute atomic E-state index is 0. The van der Waals surface area contributed by atoms with Gasteiger partial charge in [0.15, 0.2) is 0 Å². The highest BCUT2D eigenvalue weighted by Gasteiger charge is 2.21. The molecule has 2 aliphatic heterocycles. The fourth-order valence-electron chi connectivity index (χ4n) is 2.15. The first kappa shape index (κ1) is 12.6. The Morgan fingerprint density at radius 1 is 1.20 bits per heavy atom. The van der Waals surface area contributed by atoms with Crippen LogP contribution in [0, 0.1) is 0 Å². The molecule has 0 atom stereocenters. The van der Waals surface area contributed by atoms with Gasteiger partial charge in [-0.3, -0.25) is 0 Å². The van der Waals surface area contributed by atoms with Gasteiger partial charge in [-0.2, -0.15) is 0 Å². The normalized spacial score (nSPS) is 22.3. The maximum absolute atomic E-state index is 11.7. The number of halogens is 1. The summed E-state index contributed by atoms with van der Waals surface area (Å²) in [5, 5.41) is 6.40. The number of amides is 2. The maximum Gasteiger partial charge on any atom is 0.317 e. The monoisotopic (exact) mass is 233 g/mol. The molecule has 0 aromatic heterocycles. The molecule has 2 fully saturated rings. The Balaban J connectivity index is 0.00000112. The summed E-state index contributed by atoms with van der Waals surface area (Å²) in [4.78, 5) is 13.6. The number of likely N-dealkylation sites (tertiary alicyclic amines) is 1. The number of nitrogens with one attached hydrogen (secondary N) is 2. The molecule has 2 saturated heterocycles. The Hall–Kier alpha value is -0.480. The molecule has 0 unspecified atom stereocenters. The largest absolute Gasteiger partial charge is 0.335 e. The minimum Gasteiger partial charge on any atom is -0.335 e. The van der Waals surface area contributed by atoms with Crippen LogP contribution in [0.15, 0.2) is 0 Å². The van der Waals surface area contributed by atoms with Crippen molar-refractivity contribution in [2.75, 3.05) is 26.2 Å². The Kier molecular flexibility index (Phi) is 5.19. The number of hydrogen-bond donors (Lipinski definition) is 2. The number of hydrogen-bond acceptors (Lipinski definition) is 2. The highest BCUT2D eigenvalue weighted by Crippen LogP contribution is 2.09. The molecule has 0 aliphatic carbocycles. The molecule has 15 heavy (non-hydrogen) atoms. The van der Waals surface area contributed by atoms with Gasteiger partial charge in [-0.25, -0.2) is 4.79 Å². The SMILES string of the molecule is Cl.O=C(NC1CCNCC1)N1CCCC1. The molecule has 2 heterocycles. The van der Waals surface area contributed by atoms with Crippen LogP contribution in [0.2, 0.25) is 0 Å². The molecular formula is C10H20ClN3O. The average Bonchev–Trinajstić information content (AvgIpc) is 2.72. The van der Waals surface area contributed by atoms with E-state index < -0.39 is 0 Å². The van der Waals surface area contributed by atoms with Gasteiger partial charge in [0.05, 0.1) is 0 Å². The summed E-state index contributed by atoms with van der Waals surface area (Å²) in [5.74, 6) is 0. The number of nitrogens with zero attached hydrogens (tertiary/aromatic N) is 1. The van der Waals surface area contributed by atoms with Gasteiger partial charge >= 0.3 is 6.03 Å². The van der Waals surface area contributed by atoms with Gasteiger partial charge in [-0.1, -0.05) is 0 Å². The van der Waals surface area contributed by atoms with E-state index in [1.807, 2.05) is 4.90 Å². The molecule has 88 valence electrons. The molecule has 0 aromatic carbocycles. The minimum atomic E-state index is 0. The third kappa shape index (κ3) is 3.54. The van der Waals surface area contributed by atoms with Gasteiger partial charge in [0.2, 0.25) is 0 Å². The lowest BCUT2D eigenvalue weighted by atomic mass is 10.1. The molecule has 0 saturated carbocycles. The van der Waals surface area contributed by atoms with Crippen LogP contribution in [-0.2, 0) is 0 Å². The van der Waals surface area contributed by atoms with Crippen LogP contribution < -0.4 is 10.6 Å². The number of piperidine rings is 1. The van der Waals surface area contributed by atoms with Crippen LogP contribution in [0.1, 0.15) is 25.7 Å². The third-order valence-electron chi connectivity index (χ3n) is 3.06. The first-order chi connectivity index (χ1) is 6.86. The van der Waals surface area contributed by atoms with Gasteiger partial charge in [-0.15, -0.1) is 12.4 Å². The third-order valence-corrected chi connectivity index (χ3v) is 3.06. The van der Waals surface area contributed by atoms with Gasteiger partial charge in [0.25, 0.3) is 0 Å². The number of carbonyl (C=O) groups is 1. The van der Waals surface area contributed by atoms with Crippen molar-refractivity contribution >= 4 is 18.4 Å². The van der Waals surface area contributed by atoms with Gasteiger partial charge < -0.3 is 15.5 Å². The molecule has 2 aliphatic rings. The molecule has 0 aromatic rings. The Bertz CT molecular complexity index is 201. The number of urea groups is 1. The Morgan fingerprint density at radius 3 is 2.40 bits per heavy atom. The second kappa shape index (κ2) is 6.18. The van der Waals surface area contributed by atoms with Crippen LogP contribution in [0.5, 0.6) is 0 Å². The van der Waals surface area contributed by atoms with E-state index in [2.05, 4.69) is 10.6 Å². The Morgan fingerprint density at radius 2 is 1.80 bits per heavy atom. The zero-order valence-electron chi connectivity index (χ0n) is 9.00. The van der Waals surface area contributed by atoms with Crippen molar-refractivity contribution in [2.45, 2.75) is 31.7 Å². The van der Waals surface area contributed by atoms with Crippen LogP contribution >= 0.6 is 12.4 Å². The van der Waals surface area contributed by atoms with Crippen LogP contribution in [0.4, 0.5) is 4.79 Å². The molecular weight excluding hydrogens is 214 g/mol. The molecule has 2 N–H and O–H groups in total. The summed E-state index contributed by atoms with van der Waals surface area (Å²) < 4.78 is 0. The second-order valence-electron chi connectivity index (χ2n) is 4.17. The summed E-state index contributed by atoms with van der Waals surface area (Å²) >= 11 is 0. The quantitative estimate of drug-likeness (QED) is 0.709. The summed E-state index contributed by atoms with van der Waals surface area (Å²) in [6, 6.07) is 0.541. The van der Waals surface area contributed by atoms with E-state index in [4.69, 9.17) is 0 Å². The highest BCUT2D eigenvalue weighted by molar-refractivity contribution is 5.85. The lowest BCUT2D eigenvalue weighted by molar-refractivity contribution is 0.201. The van der Waals surface area contributed by atoms with Gasteiger partial charge in [0, 0.05) is 19.1 Å². The maximum atomic E-state index is 11.7. The predicted octanol–water partition coefficient (Wildman–Crippen LogP) is 0.966. The first-order valence-corrected chi connectivity index (χ1v) is 5.62. The number of carbonyl (C=O) groups excluding carboxylic acids is 1. The van der Waals surface area contributed by atoms with Crippen LogP contribution in [0.3, 0.4) is 0 Å². The standard InChI is InChI=1S/C10H19N3O.ClH/c14-10(13-7-1-2-8-13)12-9-3-5-11-6-4-9;/h9,11H,1-8H2,(H,12,14);1H. The Labute approximate surface area is 97.2 Å². The highest BCUT2D eigenvalue weighted by atomic mass is 35.5. The molecule has 5 heteroatoms. The van der Waals surface area contributed by atoms with Crippen LogP contribution in [-0.4, -0.2) is 43.2 Å². The van der Waals surface area contributed by atoms with E-state index in [1.165, 1.54) is 12.8 Å². The van der Waals surface area contributed by atoms with Gasteiger partial charge in [-0.05, 0) is 38.8 Å². The van der Waals surface area contributed by atoms with Crippen molar-refractivity contribution in [1.82, 2.24) is 15.5 Å². The lowest BCUT2D eigenvalue weighted by Gasteiger charge is -2.26. The summed E-state index contributed by atoms with van der Waals surface area (Å²) in [5.41, 5.74) is 0. The van der Waals surface area contributed by atoms with Crippen molar-refractivity contribution in [3.05, 3.63) is 0 Å². The van der Waals surface area contributed by atoms with Crippen molar-refractivity contribution in [3.63, 3.8) is 0 Å². The molecule has 4 nitrogen and oxygen atoms in total. The first-order valence-electron chi connectivity index (χ1n) is 5.62. The molecule has 2 rings (SSSR count). The molecule has 0 spiro atoms. The van der Waals surface area contributed by atoms with E-state index in [0.717, 1.165) is 39.0 Å². The fourth-order valence-corrected chi connectivity index (χ4v) is 2.15. The van der Waals surface area contributed by atoms with Gasteiger partial charge in [0.1, 0.15) is 0 Å². The topological polar surface area (TPSA) is 44.4 Å². The van der Waals surface area contributed by atoms with Crippen molar-refractivity contribution < 1.29 is 4.79 Å². The number of rotatable bonds is 1. The van der Waals surface area contributed by atoms with E-state index in [9.17, 15) is 4.79 Å². The van der Waals surface area contributed by atoms with E-state index in [-0.39, 0.29) is 18.4 Å². The van der Waals surface area contributed by atoms with Crippen molar-refractivity contribution in [2.24, 2.45) is 0 Å². The van der Waals surface area contributed by atoms with E-state index in [1.54, 1.807) is 0 Å². The summed E-state index contributed by atoms with van der Waals surface area (Å²) in [6.07, 6.45) is 4.47. The van der Waals surface area contributed by atoms with Crippen molar-refractivity contribution in [3.8, 4) is 0 Å². The van der Waals surface area contributed by atoms with E-state index >= 15 is 0 Å². The molecule has 0 bridgehead atoms. The molecule has 2 amide bonds. The smallest absolute Gasteiger partial charge is 0.317 e. The van der Waals surface area contributed by atoms with E-state index in [0.29, 0.717) is 6.04 Å². The molecule has 0 radical (unpaired) electrons. The average molecular weight is 234 g/mol. The van der Waals surface area contributed by atoms with Crippen molar-refractivity contribution in [1.29, 1.82) is 0 Å². The van der Waals surface area contributed by atoms with Crippen LogP contribution in [0.25, 0.3) is 0 Å². The zero-order valence-corrected chi connectivity index (χ0v) is 9.81. The second-order valence-corrected chi connectivity index (χ2v) is 4.17. The summed E-state index contributed by atoms with van der Waals surface area (Å²) in [7, 11) is 0. The lowest BCUT2D eigenvalue weighted by Crippen LogP contribution is -2.47.